The zero-order chi connectivity index (χ0) is 36.1. The molecule has 0 bridgehead atoms. The molecule has 258 valence electrons. The van der Waals surface area contributed by atoms with E-state index in [1.165, 1.54) is 64.3 Å². The summed E-state index contributed by atoms with van der Waals surface area (Å²) >= 11 is 1.81. The molecule has 0 N–H and O–H groups in total. The molecule has 0 fully saturated rings. The van der Waals surface area contributed by atoms with E-state index < -0.39 is 23.1 Å². The van der Waals surface area contributed by atoms with Gasteiger partial charge in [0.25, 0.3) is 0 Å². The maximum atomic E-state index is 14.9. The van der Waals surface area contributed by atoms with E-state index in [0.717, 1.165) is 5.57 Å². The molecular weight excluding hydrogens is 678 g/mol. The first-order valence-electron chi connectivity index (χ1n) is 18.2. The number of fused-ring (bicyclic) bond motifs is 7. The normalized spacial score (nSPS) is 22.0. The summed E-state index contributed by atoms with van der Waals surface area (Å²) in [6, 6.07) is 42.2. The van der Waals surface area contributed by atoms with Crippen LogP contribution in [-0.2, 0) is 0 Å². The van der Waals surface area contributed by atoms with E-state index in [9.17, 15) is 13.2 Å². The predicted molar refractivity (Wildman–Crippen MR) is 217 cm³/mol. The molecule has 0 spiro atoms. The number of thiophene rings is 1. The second-order valence-electron chi connectivity index (χ2n) is 14.8. The van der Waals surface area contributed by atoms with Gasteiger partial charge in [0, 0.05) is 26.8 Å². The van der Waals surface area contributed by atoms with Gasteiger partial charge in [0.2, 0.25) is 0 Å². The average molecular weight is 713 g/mol. The molecular formula is C49H35F3S. The molecule has 1 heterocycles. The Balaban J connectivity index is 1.15. The Labute approximate surface area is 310 Å². The van der Waals surface area contributed by atoms with Crippen LogP contribution in [-0.4, -0.2) is 6.18 Å². The maximum Gasteiger partial charge on any atom is 0.414 e. The lowest BCUT2D eigenvalue weighted by Gasteiger charge is -2.45. The van der Waals surface area contributed by atoms with E-state index >= 15 is 0 Å². The van der Waals surface area contributed by atoms with Gasteiger partial charge in [-0.05, 0) is 88.8 Å². The first kappa shape index (κ1) is 32.2. The fraction of sp³-hybridized carbons (Fsp3) is 0.143. The molecule has 10 rings (SSSR count). The third-order valence-electron chi connectivity index (χ3n) is 12.0. The van der Waals surface area contributed by atoms with Gasteiger partial charge in [0.05, 0.1) is 5.57 Å². The van der Waals surface area contributed by atoms with Gasteiger partial charge in [0.15, 0.2) is 0 Å². The van der Waals surface area contributed by atoms with Gasteiger partial charge in [-0.3, -0.25) is 0 Å². The molecule has 53 heavy (non-hydrogen) atoms. The van der Waals surface area contributed by atoms with Crippen LogP contribution >= 0.6 is 11.3 Å². The fourth-order valence-electron chi connectivity index (χ4n) is 9.81. The Morgan fingerprint density at radius 2 is 1.23 bits per heavy atom. The van der Waals surface area contributed by atoms with Gasteiger partial charge >= 0.3 is 6.18 Å². The van der Waals surface area contributed by atoms with Crippen molar-refractivity contribution in [2.45, 2.75) is 25.9 Å². The molecule has 1 aromatic heterocycles. The highest BCUT2D eigenvalue weighted by Gasteiger charge is 2.52. The van der Waals surface area contributed by atoms with E-state index in [0.29, 0.717) is 10.4 Å². The van der Waals surface area contributed by atoms with Crippen LogP contribution in [0, 0.1) is 17.3 Å². The third-order valence-corrected chi connectivity index (χ3v) is 13.1. The lowest BCUT2D eigenvalue weighted by atomic mass is 9.59. The van der Waals surface area contributed by atoms with Gasteiger partial charge in [-0.2, -0.15) is 13.2 Å². The SMILES string of the molecule is CC1c2c(sc3cc(-c4c5ccccc5c(-c5ccccc5)c5ccccc45)ccc23)C=CC1C1=c2ccccc2=C(C(F)(F)F)C2(C)C=CC=CC12. The van der Waals surface area contributed by atoms with Crippen molar-refractivity contribution in [3.8, 4) is 22.3 Å². The number of allylic oxidation sites excluding steroid dienone is 5. The van der Waals surface area contributed by atoms with Crippen molar-refractivity contribution in [1.29, 1.82) is 0 Å². The van der Waals surface area contributed by atoms with Crippen LogP contribution in [0.5, 0.6) is 0 Å². The van der Waals surface area contributed by atoms with E-state index in [1.807, 2.05) is 35.6 Å². The average Bonchev–Trinajstić information content (AvgIpc) is 3.54. The van der Waals surface area contributed by atoms with Gasteiger partial charge in [-0.25, -0.2) is 0 Å². The van der Waals surface area contributed by atoms with E-state index in [2.05, 4.69) is 116 Å². The Hall–Kier alpha value is -5.45. The number of benzene rings is 6. The summed E-state index contributed by atoms with van der Waals surface area (Å²) in [5, 5.41) is 7.14. The van der Waals surface area contributed by atoms with Gasteiger partial charge in [0.1, 0.15) is 0 Å². The third kappa shape index (κ3) is 4.74. The topological polar surface area (TPSA) is 0 Å². The molecule has 0 saturated carbocycles. The highest BCUT2D eigenvalue weighted by Crippen LogP contribution is 2.56. The summed E-state index contributed by atoms with van der Waals surface area (Å²) in [6.07, 6.45) is 7.47. The van der Waals surface area contributed by atoms with Crippen molar-refractivity contribution >= 4 is 60.2 Å². The van der Waals surface area contributed by atoms with Crippen LogP contribution in [0.25, 0.3) is 71.1 Å². The van der Waals surface area contributed by atoms with Crippen LogP contribution in [0.1, 0.15) is 30.2 Å². The summed E-state index contributed by atoms with van der Waals surface area (Å²) in [5.41, 5.74) is 5.56. The number of hydrogen-bond donors (Lipinski definition) is 0. The quantitative estimate of drug-likeness (QED) is 0.160. The summed E-state index contributed by atoms with van der Waals surface area (Å²) < 4.78 is 46.0. The van der Waals surface area contributed by atoms with Crippen molar-refractivity contribution in [3.63, 3.8) is 0 Å². The monoisotopic (exact) mass is 712 g/mol. The molecule has 4 heteroatoms. The van der Waals surface area contributed by atoms with E-state index in [4.69, 9.17) is 0 Å². The number of alkyl halides is 3. The van der Waals surface area contributed by atoms with Gasteiger partial charge in [-0.15, -0.1) is 11.3 Å². The van der Waals surface area contributed by atoms with Crippen molar-refractivity contribution in [1.82, 2.24) is 0 Å². The van der Waals surface area contributed by atoms with Crippen LogP contribution < -0.4 is 10.4 Å². The Morgan fingerprint density at radius 1 is 0.623 bits per heavy atom. The molecule has 4 atom stereocenters. The minimum absolute atomic E-state index is 0.0604. The number of hydrogen-bond acceptors (Lipinski definition) is 1. The predicted octanol–water partition coefficient (Wildman–Crippen LogP) is 12.6. The van der Waals surface area contributed by atoms with Crippen molar-refractivity contribution in [2.24, 2.45) is 17.3 Å². The Bertz CT molecular complexity index is 2810. The number of halogens is 3. The first-order valence-corrected chi connectivity index (χ1v) is 19.1. The van der Waals surface area contributed by atoms with Crippen LogP contribution in [0.3, 0.4) is 0 Å². The van der Waals surface area contributed by atoms with E-state index in [1.54, 1.807) is 31.2 Å². The van der Waals surface area contributed by atoms with E-state index in [-0.39, 0.29) is 11.8 Å². The van der Waals surface area contributed by atoms with Crippen LogP contribution in [0.4, 0.5) is 13.2 Å². The highest BCUT2D eigenvalue weighted by atomic mass is 32.1. The smallest absolute Gasteiger partial charge is 0.166 e. The minimum atomic E-state index is -4.45. The Morgan fingerprint density at radius 3 is 1.89 bits per heavy atom. The second kappa shape index (κ2) is 11.8. The van der Waals surface area contributed by atoms with Gasteiger partial charge in [-0.1, -0.05) is 159 Å². The Kier molecular flexibility index (Phi) is 7.16. The van der Waals surface area contributed by atoms with Crippen LogP contribution in [0.15, 0.2) is 152 Å². The largest absolute Gasteiger partial charge is 0.414 e. The lowest BCUT2D eigenvalue weighted by molar-refractivity contribution is -0.0799. The number of rotatable bonds is 3. The fourth-order valence-corrected chi connectivity index (χ4v) is 11.1. The molecule has 7 aromatic rings. The molecule has 0 aliphatic heterocycles. The maximum absolute atomic E-state index is 14.9. The van der Waals surface area contributed by atoms with Crippen LogP contribution in [0.2, 0.25) is 0 Å². The summed E-state index contributed by atoms with van der Waals surface area (Å²) in [5.74, 6) is -0.398. The minimum Gasteiger partial charge on any atom is -0.166 e. The van der Waals surface area contributed by atoms with Crippen molar-refractivity contribution in [2.75, 3.05) is 0 Å². The molecule has 6 aromatic carbocycles. The zero-order valence-electron chi connectivity index (χ0n) is 29.3. The first-order chi connectivity index (χ1) is 25.7. The lowest BCUT2D eigenvalue weighted by Crippen LogP contribution is -2.50. The summed E-state index contributed by atoms with van der Waals surface area (Å²) in [4.78, 5) is 1.23. The van der Waals surface area contributed by atoms with Crippen molar-refractivity contribution < 1.29 is 13.2 Å². The standard InChI is InChI=1S/C49H35F3S/c1-29-32(46-37-20-10-11-21-38(37)47(49(50,51)52)48(2)27-13-12-22-40(46)48)25-26-41-43(29)39-24-23-31(28-42(39)53-41)45-35-18-8-6-16-33(35)44(30-14-4-3-5-15-30)34-17-7-9-19-36(34)45/h3-29,32,40H,1-2H3. The molecule has 0 amide bonds. The summed E-state index contributed by atoms with van der Waals surface area (Å²) in [7, 11) is 0. The van der Waals surface area contributed by atoms with Crippen molar-refractivity contribution in [3.05, 3.63) is 173 Å². The summed E-state index contributed by atoms with van der Waals surface area (Å²) in [6.45, 7) is 4.02. The molecule has 4 unspecified atom stereocenters. The van der Waals surface area contributed by atoms with Gasteiger partial charge < -0.3 is 0 Å². The molecule has 0 nitrogen and oxygen atoms in total. The molecule has 0 radical (unpaired) electrons. The second-order valence-corrected chi connectivity index (χ2v) is 15.9. The zero-order valence-corrected chi connectivity index (χ0v) is 30.1. The highest BCUT2D eigenvalue weighted by molar-refractivity contribution is 7.20. The molecule has 3 aliphatic rings. The molecule has 3 aliphatic carbocycles. The molecule has 0 saturated heterocycles.